The SMILES string of the molecule is CC(C)(C)C1=C[C@@]2(C(C)(C)C)C(=O)C(=O)[C@@H]1[C@H]1/C(=C/c3ccccc3)C=C[C@H]12. The standard InChI is InChI=1S/C26H30O2/c1-24(2,3)19-15-26(25(4,5)6)18-13-12-17(14-16-10-8-7-9-11-16)20(18)21(19)22(27)23(26)28/h7-15,18,20-21H,1-6H3/b17-14+/t18-,20+,21+,26+/m1/s1. The summed E-state index contributed by atoms with van der Waals surface area (Å²) >= 11 is 0. The highest BCUT2D eigenvalue weighted by Crippen LogP contribution is 2.65. The van der Waals surface area contributed by atoms with Gasteiger partial charge in [-0.05, 0) is 22.0 Å². The van der Waals surface area contributed by atoms with Gasteiger partial charge in [-0.3, -0.25) is 9.59 Å². The number of carbonyl (C=O) groups is 2. The van der Waals surface area contributed by atoms with E-state index in [2.05, 4.69) is 78.0 Å². The minimum absolute atomic E-state index is 0.0452. The van der Waals surface area contributed by atoms with Gasteiger partial charge in [0, 0.05) is 11.8 Å². The minimum atomic E-state index is -0.769. The van der Waals surface area contributed by atoms with E-state index >= 15 is 0 Å². The summed E-state index contributed by atoms with van der Waals surface area (Å²) in [4.78, 5) is 26.8. The average Bonchev–Trinajstić information content (AvgIpc) is 3.02. The van der Waals surface area contributed by atoms with Crippen molar-refractivity contribution in [2.24, 2.45) is 34.0 Å². The normalized spacial score (nSPS) is 33.4. The highest BCUT2D eigenvalue weighted by molar-refractivity contribution is 6.43. The van der Waals surface area contributed by atoms with Crippen LogP contribution in [-0.4, -0.2) is 11.6 Å². The first-order chi connectivity index (χ1) is 13.0. The number of rotatable bonds is 1. The largest absolute Gasteiger partial charge is 0.290 e. The zero-order chi connectivity index (χ0) is 20.5. The van der Waals surface area contributed by atoms with Gasteiger partial charge in [-0.1, -0.05) is 102 Å². The van der Waals surface area contributed by atoms with E-state index in [-0.39, 0.29) is 40.2 Å². The molecule has 2 bridgehead atoms. The summed E-state index contributed by atoms with van der Waals surface area (Å²) in [5, 5.41) is 0. The van der Waals surface area contributed by atoms with Crippen LogP contribution in [0.4, 0.5) is 0 Å². The molecule has 2 nitrogen and oxygen atoms in total. The topological polar surface area (TPSA) is 34.1 Å². The van der Waals surface area contributed by atoms with Gasteiger partial charge in [0.1, 0.15) is 0 Å². The van der Waals surface area contributed by atoms with Gasteiger partial charge < -0.3 is 0 Å². The van der Waals surface area contributed by atoms with Gasteiger partial charge in [0.15, 0.2) is 0 Å². The van der Waals surface area contributed by atoms with Crippen molar-refractivity contribution >= 4 is 17.6 Å². The summed E-state index contributed by atoms with van der Waals surface area (Å²) in [7, 11) is 0. The fourth-order valence-corrected chi connectivity index (χ4v) is 5.60. The van der Waals surface area contributed by atoms with Crippen molar-refractivity contribution in [3.63, 3.8) is 0 Å². The lowest BCUT2D eigenvalue weighted by atomic mass is 9.43. The third-order valence-electron chi connectivity index (χ3n) is 6.99. The molecule has 28 heavy (non-hydrogen) atoms. The Balaban J connectivity index is 1.95. The molecule has 0 aliphatic heterocycles. The van der Waals surface area contributed by atoms with E-state index in [9.17, 15) is 9.59 Å². The van der Waals surface area contributed by atoms with Gasteiger partial charge in [-0.15, -0.1) is 0 Å². The van der Waals surface area contributed by atoms with E-state index in [1.165, 1.54) is 5.57 Å². The number of hydrogen-bond donors (Lipinski definition) is 0. The predicted octanol–water partition coefficient (Wildman–Crippen LogP) is 5.66. The van der Waals surface area contributed by atoms with Crippen LogP contribution in [-0.2, 0) is 9.59 Å². The Morgan fingerprint density at radius 3 is 2.18 bits per heavy atom. The van der Waals surface area contributed by atoms with E-state index in [0.29, 0.717) is 0 Å². The summed E-state index contributed by atoms with van der Waals surface area (Å²) in [5.41, 5.74) is 2.19. The quantitative estimate of drug-likeness (QED) is 0.469. The molecule has 0 unspecified atom stereocenters. The Hall–Kier alpha value is -2.22. The fraction of sp³-hybridized carbons (Fsp3) is 0.462. The summed E-state index contributed by atoms with van der Waals surface area (Å²) in [6.45, 7) is 12.8. The summed E-state index contributed by atoms with van der Waals surface area (Å²) in [6.07, 6.45) is 8.73. The number of hydrogen-bond acceptors (Lipinski definition) is 2. The van der Waals surface area contributed by atoms with E-state index in [0.717, 1.165) is 11.1 Å². The summed E-state index contributed by atoms with van der Waals surface area (Å²) in [5.74, 6) is -0.629. The van der Waals surface area contributed by atoms with Crippen molar-refractivity contribution in [1.82, 2.24) is 0 Å². The van der Waals surface area contributed by atoms with Gasteiger partial charge in [0.2, 0.25) is 11.6 Å². The highest BCUT2D eigenvalue weighted by Gasteiger charge is 2.67. The molecule has 1 fully saturated rings. The van der Waals surface area contributed by atoms with Crippen LogP contribution in [0.1, 0.15) is 47.1 Å². The first-order valence-electron chi connectivity index (χ1n) is 10.3. The fourth-order valence-electron chi connectivity index (χ4n) is 5.60. The Morgan fingerprint density at radius 2 is 1.61 bits per heavy atom. The van der Waals surface area contributed by atoms with Gasteiger partial charge in [-0.25, -0.2) is 0 Å². The van der Waals surface area contributed by atoms with E-state index in [1.54, 1.807) is 0 Å². The summed E-state index contributed by atoms with van der Waals surface area (Å²) < 4.78 is 0. The van der Waals surface area contributed by atoms with Crippen LogP contribution < -0.4 is 0 Å². The number of Topliss-reactive ketones (excluding diaryl/α,β-unsaturated/α-hetero) is 2. The molecule has 0 N–H and O–H groups in total. The Morgan fingerprint density at radius 1 is 0.964 bits per heavy atom. The van der Waals surface area contributed by atoms with Gasteiger partial charge in [0.05, 0.1) is 11.3 Å². The highest BCUT2D eigenvalue weighted by atomic mass is 16.2. The van der Waals surface area contributed by atoms with Crippen molar-refractivity contribution in [3.05, 3.63) is 65.3 Å². The van der Waals surface area contributed by atoms with Crippen molar-refractivity contribution in [2.75, 3.05) is 0 Å². The minimum Gasteiger partial charge on any atom is -0.290 e. The van der Waals surface area contributed by atoms with Crippen molar-refractivity contribution < 1.29 is 9.59 Å². The number of allylic oxidation sites excluding steroid dienone is 5. The molecular weight excluding hydrogens is 344 g/mol. The molecule has 4 atom stereocenters. The van der Waals surface area contributed by atoms with Crippen LogP contribution in [0.2, 0.25) is 0 Å². The predicted molar refractivity (Wildman–Crippen MR) is 113 cm³/mol. The monoisotopic (exact) mass is 374 g/mol. The second-order valence-corrected chi connectivity index (χ2v) is 10.6. The molecule has 0 spiro atoms. The van der Waals surface area contributed by atoms with Crippen molar-refractivity contribution in [2.45, 2.75) is 41.5 Å². The third kappa shape index (κ3) is 2.46. The third-order valence-corrected chi connectivity index (χ3v) is 6.99. The van der Waals surface area contributed by atoms with E-state index in [1.807, 2.05) is 18.2 Å². The van der Waals surface area contributed by atoms with E-state index in [4.69, 9.17) is 0 Å². The Kier molecular flexibility index (Phi) is 4.02. The maximum absolute atomic E-state index is 13.4. The lowest BCUT2D eigenvalue weighted by molar-refractivity contribution is -0.157. The molecule has 0 aromatic heterocycles. The molecular formula is C26H30O2. The van der Waals surface area contributed by atoms with Crippen LogP contribution in [0, 0.1) is 34.0 Å². The van der Waals surface area contributed by atoms with Gasteiger partial charge in [0.25, 0.3) is 0 Å². The maximum atomic E-state index is 13.4. The molecule has 1 saturated carbocycles. The molecule has 2 heteroatoms. The average molecular weight is 375 g/mol. The maximum Gasteiger partial charge on any atom is 0.210 e. The molecule has 0 amide bonds. The number of fused-ring (bicyclic) bond motifs is 1. The van der Waals surface area contributed by atoms with Crippen LogP contribution in [0.5, 0.6) is 0 Å². The van der Waals surface area contributed by atoms with Crippen molar-refractivity contribution in [3.8, 4) is 0 Å². The zero-order valence-electron chi connectivity index (χ0n) is 17.7. The lowest BCUT2D eigenvalue weighted by Gasteiger charge is -2.58. The molecule has 146 valence electrons. The molecule has 1 aromatic rings. The Bertz CT molecular complexity index is 931. The zero-order valence-corrected chi connectivity index (χ0v) is 17.7. The second-order valence-electron chi connectivity index (χ2n) is 10.6. The van der Waals surface area contributed by atoms with E-state index < -0.39 is 5.41 Å². The molecule has 4 aliphatic rings. The van der Waals surface area contributed by atoms with Crippen molar-refractivity contribution in [1.29, 1.82) is 0 Å². The van der Waals surface area contributed by atoms with Crippen LogP contribution in [0.15, 0.2) is 59.7 Å². The van der Waals surface area contributed by atoms with Crippen LogP contribution in [0.3, 0.4) is 0 Å². The molecule has 1 aromatic carbocycles. The number of carbonyl (C=O) groups excluding carboxylic acids is 2. The molecule has 4 aliphatic carbocycles. The molecule has 0 radical (unpaired) electrons. The molecule has 0 saturated heterocycles. The summed E-state index contributed by atoms with van der Waals surface area (Å²) in [6, 6.07) is 10.2. The molecule has 0 heterocycles. The first-order valence-corrected chi connectivity index (χ1v) is 10.3. The smallest absolute Gasteiger partial charge is 0.210 e. The number of ketones is 2. The first kappa shape index (κ1) is 19.1. The second kappa shape index (κ2) is 5.89. The van der Waals surface area contributed by atoms with Gasteiger partial charge in [-0.2, -0.15) is 0 Å². The molecule has 5 rings (SSSR count). The van der Waals surface area contributed by atoms with Crippen LogP contribution in [0.25, 0.3) is 6.08 Å². The number of benzene rings is 1. The van der Waals surface area contributed by atoms with Crippen LogP contribution >= 0.6 is 0 Å². The van der Waals surface area contributed by atoms with Gasteiger partial charge >= 0.3 is 0 Å². The Labute approximate surface area is 168 Å². The lowest BCUT2D eigenvalue weighted by Crippen LogP contribution is -2.63.